The minimum Gasteiger partial charge on any atom is -0.390 e. The van der Waals surface area contributed by atoms with Gasteiger partial charge in [-0.2, -0.15) is 0 Å². The molecule has 3 aromatic rings. The maximum atomic E-state index is 9.47. The van der Waals surface area contributed by atoms with E-state index in [2.05, 4.69) is 23.2 Å². The minimum absolute atomic E-state index is 0.0524. The molecule has 2 heteroatoms. The standard InChI is InChI=1S/C16H15NO/c18-11-16-14(10-12-6-2-1-3-7-12)13-8-4-5-9-15(13)17-16/h1-9,17-18H,10-11H2. The molecule has 18 heavy (non-hydrogen) atoms. The molecule has 0 saturated heterocycles. The summed E-state index contributed by atoms with van der Waals surface area (Å²) in [6, 6.07) is 18.5. The molecule has 0 aliphatic rings. The van der Waals surface area contributed by atoms with E-state index in [0.29, 0.717) is 0 Å². The molecule has 0 spiro atoms. The van der Waals surface area contributed by atoms with Crippen molar-refractivity contribution in [3.05, 3.63) is 71.4 Å². The Kier molecular flexibility index (Phi) is 2.87. The van der Waals surface area contributed by atoms with Crippen molar-refractivity contribution in [2.75, 3.05) is 0 Å². The van der Waals surface area contributed by atoms with Crippen molar-refractivity contribution in [3.63, 3.8) is 0 Å². The van der Waals surface area contributed by atoms with E-state index in [1.165, 1.54) is 16.5 Å². The van der Waals surface area contributed by atoms with E-state index in [0.717, 1.165) is 17.6 Å². The predicted molar refractivity (Wildman–Crippen MR) is 73.5 cm³/mol. The van der Waals surface area contributed by atoms with E-state index in [-0.39, 0.29) is 6.61 Å². The van der Waals surface area contributed by atoms with E-state index >= 15 is 0 Å². The SMILES string of the molecule is OCc1[nH]c2ccccc2c1Cc1ccccc1. The lowest BCUT2D eigenvalue weighted by molar-refractivity contribution is 0.277. The Balaban J connectivity index is 2.10. The molecule has 2 N–H and O–H groups in total. The third-order valence-electron chi connectivity index (χ3n) is 3.28. The first-order valence-corrected chi connectivity index (χ1v) is 6.11. The van der Waals surface area contributed by atoms with Gasteiger partial charge in [0.15, 0.2) is 0 Å². The van der Waals surface area contributed by atoms with Gasteiger partial charge >= 0.3 is 0 Å². The number of hydrogen-bond acceptors (Lipinski definition) is 1. The highest BCUT2D eigenvalue weighted by Crippen LogP contribution is 2.25. The molecular formula is C16H15NO. The zero-order chi connectivity index (χ0) is 12.4. The Bertz CT molecular complexity index is 655. The van der Waals surface area contributed by atoms with Crippen molar-refractivity contribution in [1.82, 2.24) is 4.98 Å². The lowest BCUT2D eigenvalue weighted by Gasteiger charge is -2.03. The fourth-order valence-electron chi connectivity index (χ4n) is 2.39. The molecule has 0 unspecified atom stereocenters. The van der Waals surface area contributed by atoms with Crippen LogP contribution in [0.3, 0.4) is 0 Å². The fraction of sp³-hybridized carbons (Fsp3) is 0.125. The second-order valence-electron chi connectivity index (χ2n) is 4.45. The second-order valence-corrected chi connectivity index (χ2v) is 4.45. The molecule has 2 aromatic carbocycles. The van der Waals surface area contributed by atoms with Gasteiger partial charge < -0.3 is 10.1 Å². The number of aliphatic hydroxyl groups excluding tert-OH is 1. The Morgan fingerprint density at radius 1 is 0.889 bits per heavy atom. The van der Waals surface area contributed by atoms with E-state index in [9.17, 15) is 5.11 Å². The molecule has 0 saturated carbocycles. The summed E-state index contributed by atoms with van der Waals surface area (Å²) in [5, 5.41) is 10.7. The van der Waals surface area contributed by atoms with Crippen molar-refractivity contribution in [1.29, 1.82) is 0 Å². The van der Waals surface area contributed by atoms with Crippen LogP contribution in [0.15, 0.2) is 54.6 Å². The van der Waals surface area contributed by atoms with Gasteiger partial charge in [-0.15, -0.1) is 0 Å². The van der Waals surface area contributed by atoms with E-state index in [1.807, 2.05) is 36.4 Å². The third-order valence-corrected chi connectivity index (χ3v) is 3.28. The first-order valence-electron chi connectivity index (χ1n) is 6.11. The molecule has 0 aliphatic carbocycles. The molecule has 0 aliphatic heterocycles. The number of fused-ring (bicyclic) bond motifs is 1. The number of para-hydroxylation sites is 1. The molecule has 0 radical (unpaired) electrons. The zero-order valence-electron chi connectivity index (χ0n) is 10.1. The van der Waals surface area contributed by atoms with E-state index < -0.39 is 0 Å². The number of benzene rings is 2. The summed E-state index contributed by atoms with van der Waals surface area (Å²) in [6.07, 6.45) is 0.848. The Morgan fingerprint density at radius 2 is 1.61 bits per heavy atom. The molecular weight excluding hydrogens is 222 g/mol. The summed E-state index contributed by atoms with van der Waals surface area (Å²) in [4.78, 5) is 3.28. The quantitative estimate of drug-likeness (QED) is 0.720. The Labute approximate surface area is 106 Å². The van der Waals surface area contributed by atoms with Crippen LogP contribution >= 0.6 is 0 Å². The van der Waals surface area contributed by atoms with E-state index in [4.69, 9.17) is 0 Å². The Morgan fingerprint density at radius 3 is 2.39 bits per heavy atom. The summed E-state index contributed by atoms with van der Waals surface area (Å²) >= 11 is 0. The van der Waals surface area contributed by atoms with Crippen LogP contribution in [-0.2, 0) is 13.0 Å². The molecule has 0 amide bonds. The lowest BCUT2D eigenvalue weighted by atomic mass is 10.0. The summed E-state index contributed by atoms with van der Waals surface area (Å²) in [5.74, 6) is 0. The Hall–Kier alpha value is -2.06. The van der Waals surface area contributed by atoms with Crippen LogP contribution in [0.25, 0.3) is 10.9 Å². The maximum absolute atomic E-state index is 9.47. The molecule has 0 fully saturated rings. The van der Waals surface area contributed by atoms with Crippen molar-refractivity contribution >= 4 is 10.9 Å². The minimum atomic E-state index is 0.0524. The van der Waals surface area contributed by atoms with Crippen LogP contribution in [0.5, 0.6) is 0 Å². The van der Waals surface area contributed by atoms with Crippen molar-refractivity contribution in [2.45, 2.75) is 13.0 Å². The average molecular weight is 237 g/mol. The number of hydrogen-bond donors (Lipinski definition) is 2. The van der Waals surface area contributed by atoms with Gasteiger partial charge in [0.05, 0.1) is 6.61 Å². The highest BCUT2D eigenvalue weighted by Gasteiger charge is 2.10. The van der Waals surface area contributed by atoms with Crippen LogP contribution < -0.4 is 0 Å². The van der Waals surface area contributed by atoms with E-state index in [1.54, 1.807) is 0 Å². The number of nitrogens with one attached hydrogen (secondary N) is 1. The molecule has 2 nitrogen and oxygen atoms in total. The first-order chi connectivity index (χ1) is 8.88. The third kappa shape index (κ3) is 1.91. The fourth-order valence-corrected chi connectivity index (χ4v) is 2.39. The summed E-state index contributed by atoms with van der Waals surface area (Å²) in [5.41, 5.74) is 4.46. The van der Waals surface area contributed by atoms with Gasteiger partial charge in [0.25, 0.3) is 0 Å². The van der Waals surface area contributed by atoms with Gasteiger partial charge in [-0.1, -0.05) is 48.5 Å². The summed E-state index contributed by atoms with van der Waals surface area (Å²) in [6.45, 7) is 0.0524. The number of aromatic amines is 1. The van der Waals surface area contributed by atoms with Gasteiger partial charge in [-0.25, -0.2) is 0 Å². The van der Waals surface area contributed by atoms with Gasteiger partial charge in [0.1, 0.15) is 0 Å². The average Bonchev–Trinajstić information content (AvgIpc) is 2.78. The van der Waals surface area contributed by atoms with Crippen molar-refractivity contribution in [2.24, 2.45) is 0 Å². The van der Waals surface area contributed by atoms with Crippen molar-refractivity contribution in [3.8, 4) is 0 Å². The van der Waals surface area contributed by atoms with Crippen LogP contribution in [0.4, 0.5) is 0 Å². The first kappa shape index (κ1) is 11.1. The molecule has 1 heterocycles. The molecule has 0 bridgehead atoms. The topological polar surface area (TPSA) is 36.0 Å². The number of aromatic nitrogens is 1. The largest absolute Gasteiger partial charge is 0.390 e. The molecule has 90 valence electrons. The summed E-state index contributed by atoms with van der Waals surface area (Å²) < 4.78 is 0. The molecule has 0 atom stereocenters. The van der Waals surface area contributed by atoms with Crippen LogP contribution in [0.2, 0.25) is 0 Å². The van der Waals surface area contributed by atoms with Crippen LogP contribution in [-0.4, -0.2) is 10.1 Å². The predicted octanol–water partition coefficient (Wildman–Crippen LogP) is 3.25. The maximum Gasteiger partial charge on any atom is 0.0834 e. The number of aliphatic hydroxyl groups is 1. The highest BCUT2D eigenvalue weighted by atomic mass is 16.3. The number of rotatable bonds is 3. The van der Waals surface area contributed by atoms with Gasteiger partial charge in [0, 0.05) is 16.6 Å². The smallest absolute Gasteiger partial charge is 0.0834 e. The highest BCUT2D eigenvalue weighted by molar-refractivity contribution is 5.84. The van der Waals surface area contributed by atoms with Crippen molar-refractivity contribution < 1.29 is 5.11 Å². The monoisotopic (exact) mass is 237 g/mol. The molecule has 1 aromatic heterocycles. The van der Waals surface area contributed by atoms with Gasteiger partial charge in [-0.05, 0) is 23.6 Å². The zero-order valence-corrected chi connectivity index (χ0v) is 10.1. The molecule has 3 rings (SSSR count). The normalized spacial score (nSPS) is 10.9. The van der Waals surface area contributed by atoms with Gasteiger partial charge in [0.2, 0.25) is 0 Å². The number of H-pyrrole nitrogens is 1. The van der Waals surface area contributed by atoms with Crippen LogP contribution in [0, 0.1) is 0 Å². The summed E-state index contributed by atoms with van der Waals surface area (Å²) in [7, 11) is 0. The van der Waals surface area contributed by atoms with Crippen LogP contribution in [0.1, 0.15) is 16.8 Å². The lowest BCUT2D eigenvalue weighted by Crippen LogP contribution is -1.93. The van der Waals surface area contributed by atoms with Gasteiger partial charge in [-0.3, -0.25) is 0 Å². The second kappa shape index (κ2) is 4.67.